The molecule has 2 unspecified atom stereocenters. The Labute approximate surface area is 249 Å². The molecule has 0 aromatic heterocycles. The van der Waals surface area contributed by atoms with E-state index in [0.717, 1.165) is 5.56 Å². The molecule has 0 bridgehead atoms. The smallest absolute Gasteiger partial charge is 0.328 e. The van der Waals surface area contributed by atoms with Crippen molar-refractivity contribution >= 4 is 29.6 Å². The summed E-state index contributed by atoms with van der Waals surface area (Å²) in [5, 5.41) is 18.0. The van der Waals surface area contributed by atoms with Crippen LogP contribution in [0.4, 0.5) is 0 Å². The highest BCUT2D eigenvalue weighted by atomic mass is 16.5. The van der Waals surface area contributed by atoms with Crippen LogP contribution in [0.3, 0.4) is 0 Å². The Balaban J connectivity index is 2.94. The zero-order chi connectivity index (χ0) is 32.0. The first-order chi connectivity index (χ1) is 19.7. The lowest BCUT2D eigenvalue weighted by Gasteiger charge is -2.33. The minimum absolute atomic E-state index is 0.0845. The third kappa shape index (κ3) is 11.8. The lowest BCUT2D eigenvalue weighted by molar-refractivity contribution is -0.148. The maximum absolute atomic E-state index is 13.2. The van der Waals surface area contributed by atoms with Crippen molar-refractivity contribution in [3.8, 4) is 0 Å². The van der Waals surface area contributed by atoms with E-state index in [1.54, 1.807) is 27.7 Å². The molecule has 236 valence electrons. The van der Waals surface area contributed by atoms with Crippen LogP contribution in [-0.4, -0.2) is 90.6 Å². The predicted octanol–water partition coefficient (Wildman–Crippen LogP) is 0.505. The lowest BCUT2D eigenvalue weighted by Crippen LogP contribution is -2.56. The average Bonchev–Trinajstić information content (AvgIpc) is 2.95. The van der Waals surface area contributed by atoms with Gasteiger partial charge >= 0.3 is 5.97 Å². The Morgan fingerprint density at radius 1 is 0.929 bits per heavy atom. The summed E-state index contributed by atoms with van der Waals surface area (Å²) in [4.78, 5) is 64.6. The van der Waals surface area contributed by atoms with Crippen LogP contribution < -0.4 is 21.7 Å². The summed E-state index contributed by atoms with van der Waals surface area (Å²) in [6.07, 6.45) is 1.46. The molecule has 0 spiro atoms. The highest BCUT2D eigenvalue weighted by molar-refractivity contribution is 5.91. The fraction of sp³-hybridized carbons (Fsp3) is 0.633. The highest BCUT2D eigenvalue weighted by Gasteiger charge is 2.35. The molecule has 1 aromatic carbocycles. The number of ether oxygens (including phenoxy) is 1. The topological polar surface area (TPSA) is 180 Å². The zero-order valence-corrected chi connectivity index (χ0v) is 25.9. The van der Waals surface area contributed by atoms with Crippen molar-refractivity contribution in [2.75, 3.05) is 20.8 Å². The summed E-state index contributed by atoms with van der Waals surface area (Å²) in [7, 11) is 2.73. The van der Waals surface area contributed by atoms with Crippen molar-refractivity contribution in [3.63, 3.8) is 0 Å². The molecule has 1 aromatic rings. The van der Waals surface area contributed by atoms with Crippen LogP contribution >= 0.6 is 0 Å². The fourth-order valence-electron chi connectivity index (χ4n) is 4.47. The Morgan fingerprint density at radius 2 is 1.55 bits per heavy atom. The number of nitrogens with two attached hydrogens (primary N) is 1. The number of likely N-dealkylation sites (N-methyl/N-ethyl adjacent to an activating group) is 1. The summed E-state index contributed by atoms with van der Waals surface area (Å²) in [5.41, 5.74) is 6.59. The molecule has 0 fully saturated rings. The number of hydrogen-bond acceptors (Lipinski definition) is 8. The van der Waals surface area contributed by atoms with Crippen molar-refractivity contribution in [1.82, 2.24) is 20.9 Å². The molecular weight excluding hydrogens is 542 g/mol. The van der Waals surface area contributed by atoms with Gasteiger partial charge < -0.3 is 36.4 Å². The second-order valence-corrected chi connectivity index (χ2v) is 11.2. The van der Waals surface area contributed by atoms with Gasteiger partial charge in [0.25, 0.3) is 0 Å². The Hall–Kier alpha value is -3.51. The van der Waals surface area contributed by atoms with E-state index in [1.807, 2.05) is 30.3 Å². The molecule has 6 atom stereocenters. The Bertz CT molecular complexity index is 1030. The number of carbonyl (C=O) groups is 5. The summed E-state index contributed by atoms with van der Waals surface area (Å²) in [6.45, 7) is 7.93. The first-order valence-corrected chi connectivity index (χ1v) is 14.4. The minimum atomic E-state index is -1.01. The number of aliphatic hydroxyl groups excluding tert-OH is 1. The van der Waals surface area contributed by atoms with Gasteiger partial charge in [-0.15, -0.1) is 0 Å². The molecule has 6 N–H and O–H groups in total. The first-order valence-electron chi connectivity index (χ1n) is 14.4. The predicted molar refractivity (Wildman–Crippen MR) is 159 cm³/mol. The van der Waals surface area contributed by atoms with Crippen molar-refractivity contribution < 1.29 is 33.8 Å². The van der Waals surface area contributed by atoms with Crippen molar-refractivity contribution in [2.24, 2.45) is 17.6 Å². The quantitative estimate of drug-likeness (QED) is 0.163. The number of methoxy groups -OCH3 is 1. The van der Waals surface area contributed by atoms with E-state index in [0.29, 0.717) is 19.3 Å². The molecule has 0 saturated heterocycles. The molecule has 12 heteroatoms. The molecule has 0 radical (unpaired) electrons. The normalized spacial score (nSPS) is 15.4. The van der Waals surface area contributed by atoms with Crippen LogP contribution in [-0.2, 0) is 35.1 Å². The second kappa shape index (κ2) is 18.1. The van der Waals surface area contributed by atoms with Gasteiger partial charge in [0.15, 0.2) is 0 Å². The van der Waals surface area contributed by atoms with E-state index < -0.39 is 47.9 Å². The summed E-state index contributed by atoms with van der Waals surface area (Å²) < 4.78 is 4.80. The third-order valence-corrected chi connectivity index (χ3v) is 7.11. The molecule has 0 aliphatic rings. The van der Waals surface area contributed by atoms with E-state index in [1.165, 1.54) is 26.0 Å². The van der Waals surface area contributed by atoms with Gasteiger partial charge in [-0.3, -0.25) is 19.2 Å². The maximum Gasteiger partial charge on any atom is 0.328 e. The van der Waals surface area contributed by atoms with Crippen LogP contribution in [0.1, 0.15) is 59.4 Å². The summed E-state index contributed by atoms with van der Waals surface area (Å²) in [6, 6.07) is 5.79. The third-order valence-electron chi connectivity index (χ3n) is 7.11. The number of aliphatic hydroxyl groups is 1. The Kier molecular flexibility index (Phi) is 15.8. The number of amides is 4. The van der Waals surface area contributed by atoms with Gasteiger partial charge in [-0.05, 0) is 44.6 Å². The summed E-state index contributed by atoms with van der Waals surface area (Å²) >= 11 is 0. The van der Waals surface area contributed by atoms with E-state index in [2.05, 4.69) is 16.0 Å². The van der Waals surface area contributed by atoms with Gasteiger partial charge in [0.2, 0.25) is 23.6 Å². The van der Waals surface area contributed by atoms with Gasteiger partial charge in [0.1, 0.15) is 18.1 Å². The number of nitrogens with zero attached hydrogens (tertiary/aromatic N) is 1. The van der Waals surface area contributed by atoms with Gasteiger partial charge in [0, 0.05) is 32.0 Å². The van der Waals surface area contributed by atoms with E-state index in [-0.39, 0.29) is 36.8 Å². The SMILES string of the molecule is COC(=O)[C@@H](NC(=O)[C@H](C(C)CO)N(C)C(=O)CCCC(Cc1ccccc1)NC(=O)[C@H](C)NC(=O)[C@H](C)N)C(C)C. The van der Waals surface area contributed by atoms with Crippen LogP contribution in [0, 0.1) is 11.8 Å². The number of carbonyl (C=O) groups excluding carboxylic acids is 5. The van der Waals surface area contributed by atoms with Crippen molar-refractivity contribution in [1.29, 1.82) is 0 Å². The van der Waals surface area contributed by atoms with Crippen molar-refractivity contribution in [3.05, 3.63) is 35.9 Å². The fourth-order valence-corrected chi connectivity index (χ4v) is 4.47. The largest absolute Gasteiger partial charge is 0.467 e. The number of nitrogens with one attached hydrogen (secondary N) is 3. The highest BCUT2D eigenvalue weighted by Crippen LogP contribution is 2.16. The summed E-state index contributed by atoms with van der Waals surface area (Å²) in [5.74, 6) is -3.13. The number of esters is 1. The standard InChI is InChI=1S/C30H49N5O7/c1-18(2)25(30(41)42-7)34-29(40)26(19(3)17-36)35(6)24(37)15-11-14-23(16-22-12-9-8-10-13-22)33-28(39)21(5)32-27(38)20(4)31/h8-10,12-13,18-21,23,25-26,36H,11,14-17,31H2,1-7H3,(H,32,38)(H,33,39)(H,34,40)/t19?,20-,21-,23?,25-,26-/m0/s1. The molecule has 4 amide bonds. The van der Waals surface area contributed by atoms with E-state index in [9.17, 15) is 29.1 Å². The van der Waals surface area contributed by atoms with Crippen LogP contribution in [0.2, 0.25) is 0 Å². The average molecular weight is 592 g/mol. The molecule has 0 heterocycles. The van der Waals surface area contributed by atoms with Crippen LogP contribution in [0.15, 0.2) is 30.3 Å². The number of hydrogen-bond donors (Lipinski definition) is 5. The van der Waals surface area contributed by atoms with Crippen LogP contribution in [0.5, 0.6) is 0 Å². The molecule has 1 rings (SSSR count). The molecule has 0 aliphatic carbocycles. The molecule has 0 saturated carbocycles. The van der Waals surface area contributed by atoms with E-state index >= 15 is 0 Å². The molecular formula is C30H49N5O7. The zero-order valence-electron chi connectivity index (χ0n) is 25.9. The number of benzene rings is 1. The monoisotopic (exact) mass is 591 g/mol. The van der Waals surface area contributed by atoms with Gasteiger partial charge in [-0.1, -0.05) is 51.1 Å². The Morgan fingerprint density at radius 3 is 2.07 bits per heavy atom. The van der Waals surface area contributed by atoms with Crippen molar-refractivity contribution in [2.45, 2.75) is 90.5 Å². The lowest BCUT2D eigenvalue weighted by atomic mass is 9.97. The first kappa shape index (κ1) is 36.5. The van der Waals surface area contributed by atoms with Gasteiger partial charge in [-0.2, -0.15) is 0 Å². The van der Waals surface area contributed by atoms with Gasteiger partial charge in [-0.25, -0.2) is 4.79 Å². The minimum Gasteiger partial charge on any atom is -0.467 e. The molecule has 0 aliphatic heterocycles. The number of rotatable bonds is 17. The molecule has 42 heavy (non-hydrogen) atoms. The van der Waals surface area contributed by atoms with Gasteiger partial charge in [0.05, 0.1) is 13.2 Å². The second-order valence-electron chi connectivity index (χ2n) is 11.2. The van der Waals surface area contributed by atoms with E-state index in [4.69, 9.17) is 10.5 Å². The maximum atomic E-state index is 13.2. The molecule has 12 nitrogen and oxygen atoms in total. The van der Waals surface area contributed by atoms with Crippen LogP contribution in [0.25, 0.3) is 0 Å².